The van der Waals surface area contributed by atoms with Crippen LogP contribution < -0.4 is 0 Å². The number of nitrogens with zero attached hydrogens (tertiary/aromatic N) is 4. The second kappa shape index (κ2) is 8.40. The van der Waals surface area contributed by atoms with Gasteiger partial charge >= 0.3 is 0 Å². The molecule has 0 radical (unpaired) electrons. The van der Waals surface area contributed by atoms with E-state index in [0.29, 0.717) is 29.2 Å². The number of likely N-dealkylation sites (tertiary alicyclic amines) is 2. The molecule has 0 spiro atoms. The highest BCUT2D eigenvalue weighted by Gasteiger charge is 2.30. The van der Waals surface area contributed by atoms with Crippen molar-refractivity contribution in [1.82, 2.24) is 19.9 Å². The summed E-state index contributed by atoms with van der Waals surface area (Å²) < 4.78 is 5.43. The van der Waals surface area contributed by atoms with Crippen molar-refractivity contribution in [2.75, 3.05) is 26.2 Å². The first-order chi connectivity index (χ1) is 13.2. The largest absolute Gasteiger partial charge is 0.342 e. The number of benzene rings is 1. The van der Waals surface area contributed by atoms with E-state index in [0.717, 1.165) is 57.4 Å². The summed E-state index contributed by atoms with van der Waals surface area (Å²) in [6.45, 7) is 4.16. The Labute approximate surface area is 164 Å². The molecule has 0 N–H and O–H groups in total. The highest BCUT2D eigenvalue weighted by molar-refractivity contribution is 6.30. The van der Waals surface area contributed by atoms with Gasteiger partial charge in [0.05, 0.1) is 12.5 Å². The summed E-state index contributed by atoms with van der Waals surface area (Å²) in [5.41, 5.74) is 0.881. The van der Waals surface area contributed by atoms with Gasteiger partial charge in [-0.3, -0.25) is 9.69 Å². The van der Waals surface area contributed by atoms with Gasteiger partial charge in [-0.2, -0.15) is 4.98 Å². The Morgan fingerprint density at radius 1 is 1.11 bits per heavy atom. The molecule has 4 rings (SSSR count). The van der Waals surface area contributed by atoms with E-state index in [4.69, 9.17) is 16.1 Å². The average molecular weight is 389 g/mol. The van der Waals surface area contributed by atoms with Crippen molar-refractivity contribution < 1.29 is 9.32 Å². The molecule has 1 aromatic carbocycles. The summed E-state index contributed by atoms with van der Waals surface area (Å²) in [6, 6.07) is 7.39. The molecule has 2 fully saturated rings. The van der Waals surface area contributed by atoms with Gasteiger partial charge in [0.25, 0.3) is 0 Å². The van der Waals surface area contributed by atoms with E-state index in [9.17, 15) is 4.79 Å². The highest BCUT2D eigenvalue weighted by Crippen LogP contribution is 2.23. The Hall–Kier alpha value is -1.92. The van der Waals surface area contributed by atoms with Crippen LogP contribution in [-0.4, -0.2) is 52.0 Å². The summed E-state index contributed by atoms with van der Waals surface area (Å²) >= 11 is 5.93. The summed E-state index contributed by atoms with van der Waals surface area (Å²) in [5.74, 6) is 1.58. The van der Waals surface area contributed by atoms with Crippen LogP contribution in [0.5, 0.6) is 0 Å². The van der Waals surface area contributed by atoms with E-state index >= 15 is 0 Å². The third-order valence-electron chi connectivity index (χ3n) is 5.45. The Morgan fingerprint density at radius 3 is 2.67 bits per heavy atom. The van der Waals surface area contributed by atoms with E-state index in [1.807, 2.05) is 24.3 Å². The van der Waals surface area contributed by atoms with Gasteiger partial charge in [0.15, 0.2) is 0 Å². The first kappa shape index (κ1) is 18.4. The topological polar surface area (TPSA) is 62.5 Å². The third kappa shape index (κ3) is 4.50. The number of hydrogen-bond acceptors (Lipinski definition) is 5. The maximum Gasteiger partial charge on any atom is 0.241 e. The number of hydrogen-bond donors (Lipinski definition) is 0. The summed E-state index contributed by atoms with van der Waals surface area (Å²) in [7, 11) is 0. The highest BCUT2D eigenvalue weighted by atomic mass is 35.5. The quantitative estimate of drug-likeness (QED) is 0.800. The fraction of sp³-hybridized carbons (Fsp3) is 0.550. The van der Waals surface area contributed by atoms with Crippen LogP contribution >= 0.6 is 11.6 Å². The van der Waals surface area contributed by atoms with Crippen LogP contribution in [0.3, 0.4) is 0 Å². The predicted molar refractivity (Wildman–Crippen MR) is 103 cm³/mol. The maximum absolute atomic E-state index is 12.8. The van der Waals surface area contributed by atoms with E-state index in [2.05, 4.69) is 19.9 Å². The lowest BCUT2D eigenvalue weighted by atomic mass is 9.95. The smallest absolute Gasteiger partial charge is 0.241 e. The number of carbonyl (C=O) groups excluding carboxylic acids is 1. The fourth-order valence-electron chi connectivity index (χ4n) is 4.00. The van der Waals surface area contributed by atoms with Crippen LogP contribution in [0.2, 0.25) is 5.02 Å². The second-order valence-electron chi connectivity index (χ2n) is 7.48. The van der Waals surface area contributed by atoms with Crippen molar-refractivity contribution in [3.8, 4) is 11.4 Å². The maximum atomic E-state index is 12.8. The number of amides is 1. The van der Waals surface area contributed by atoms with Crippen LogP contribution in [0.25, 0.3) is 11.4 Å². The monoisotopic (exact) mass is 388 g/mol. The lowest BCUT2D eigenvalue weighted by Crippen LogP contribution is -2.46. The normalized spacial score (nSPS) is 21.4. The number of aromatic nitrogens is 2. The van der Waals surface area contributed by atoms with Crippen molar-refractivity contribution in [1.29, 1.82) is 0 Å². The van der Waals surface area contributed by atoms with Crippen LogP contribution in [0.15, 0.2) is 28.8 Å². The van der Waals surface area contributed by atoms with E-state index in [-0.39, 0.29) is 5.92 Å². The molecule has 7 heteroatoms. The molecular weight excluding hydrogens is 364 g/mol. The first-order valence-corrected chi connectivity index (χ1v) is 10.2. The molecule has 27 heavy (non-hydrogen) atoms. The zero-order valence-electron chi connectivity index (χ0n) is 15.4. The molecule has 0 saturated carbocycles. The van der Waals surface area contributed by atoms with Crippen LogP contribution in [0.4, 0.5) is 0 Å². The molecule has 2 aromatic rings. The summed E-state index contributed by atoms with van der Waals surface area (Å²) in [5, 5.41) is 4.76. The van der Waals surface area contributed by atoms with Gasteiger partial charge in [-0.15, -0.1) is 0 Å². The number of rotatable bonds is 4. The summed E-state index contributed by atoms with van der Waals surface area (Å²) in [6.07, 6.45) is 5.52. The van der Waals surface area contributed by atoms with Gasteiger partial charge in [0.2, 0.25) is 17.6 Å². The zero-order chi connectivity index (χ0) is 18.6. The van der Waals surface area contributed by atoms with E-state index < -0.39 is 0 Å². The molecule has 3 heterocycles. The predicted octanol–water partition coefficient (Wildman–Crippen LogP) is 3.61. The molecule has 2 aliphatic heterocycles. The molecule has 1 atom stereocenters. The minimum atomic E-state index is 0.0931. The minimum absolute atomic E-state index is 0.0931. The molecule has 1 amide bonds. The molecule has 0 bridgehead atoms. The second-order valence-corrected chi connectivity index (χ2v) is 7.92. The van der Waals surface area contributed by atoms with Crippen LogP contribution in [0, 0.1) is 5.92 Å². The zero-order valence-corrected chi connectivity index (χ0v) is 16.2. The van der Waals surface area contributed by atoms with Crippen molar-refractivity contribution in [3.63, 3.8) is 0 Å². The standard InChI is InChI=1S/C20H25ClN4O2/c21-17-8-6-15(7-9-17)19-22-18(27-23-19)14-24-10-4-5-16(13-24)20(26)25-11-2-1-3-12-25/h6-9,16H,1-5,10-14H2. The lowest BCUT2D eigenvalue weighted by molar-refractivity contribution is -0.138. The molecule has 144 valence electrons. The molecular formula is C20H25ClN4O2. The Bertz CT molecular complexity index is 771. The van der Waals surface area contributed by atoms with Gasteiger partial charge in [-0.1, -0.05) is 16.8 Å². The molecule has 2 saturated heterocycles. The van der Waals surface area contributed by atoms with Crippen molar-refractivity contribution in [2.45, 2.75) is 38.6 Å². The molecule has 2 aliphatic rings. The van der Waals surface area contributed by atoms with Crippen molar-refractivity contribution in [2.24, 2.45) is 5.92 Å². The van der Waals surface area contributed by atoms with Gasteiger partial charge in [-0.05, 0) is 62.9 Å². The number of halogens is 1. The van der Waals surface area contributed by atoms with Gasteiger partial charge in [0, 0.05) is 30.2 Å². The molecule has 1 aromatic heterocycles. The lowest BCUT2D eigenvalue weighted by Gasteiger charge is -2.35. The Morgan fingerprint density at radius 2 is 1.89 bits per heavy atom. The van der Waals surface area contributed by atoms with E-state index in [1.165, 1.54) is 6.42 Å². The van der Waals surface area contributed by atoms with Crippen LogP contribution in [-0.2, 0) is 11.3 Å². The molecule has 1 unspecified atom stereocenters. The SMILES string of the molecule is O=C(C1CCCN(Cc2nc(-c3ccc(Cl)cc3)no2)C1)N1CCCCC1. The molecule has 0 aliphatic carbocycles. The number of carbonyl (C=O) groups is 1. The van der Waals surface area contributed by atoms with Gasteiger partial charge in [-0.25, -0.2) is 0 Å². The number of piperidine rings is 2. The van der Waals surface area contributed by atoms with Crippen LogP contribution in [0.1, 0.15) is 38.0 Å². The van der Waals surface area contributed by atoms with Gasteiger partial charge in [0.1, 0.15) is 0 Å². The Kier molecular flexibility index (Phi) is 5.74. The summed E-state index contributed by atoms with van der Waals surface area (Å²) in [4.78, 5) is 21.6. The first-order valence-electron chi connectivity index (χ1n) is 9.79. The third-order valence-corrected chi connectivity index (χ3v) is 5.70. The Balaban J connectivity index is 1.36. The molecule has 6 nitrogen and oxygen atoms in total. The minimum Gasteiger partial charge on any atom is -0.342 e. The fourth-order valence-corrected chi connectivity index (χ4v) is 4.13. The van der Waals surface area contributed by atoms with Crippen molar-refractivity contribution in [3.05, 3.63) is 35.2 Å². The van der Waals surface area contributed by atoms with Crippen molar-refractivity contribution >= 4 is 17.5 Å². The van der Waals surface area contributed by atoms with E-state index in [1.54, 1.807) is 0 Å². The van der Waals surface area contributed by atoms with Gasteiger partial charge < -0.3 is 9.42 Å². The average Bonchev–Trinajstić information content (AvgIpc) is 3.17.